The molecule has 0 atom stereocenters. The van der Waals surface area contributed by atoms with Crippen LogP contribution in [0, 0.1) is 0 Å². The Kier molecular flexibility index (Phi) is 2.32. The molecule has 3 aromatic rings. The monoisotopic (exact) mass is 268 g/mol. The number of fused-ring (bicyclic) bond motifs is 2. The van der Waals surface area contributed by atoms with Gasteiger partial charge in [0.2, 0.25) is 5.78 Å². The van der Waals surface area contributed by atoms with E-state index in [1.54, 1.807) is 29.9 Å². The number of nitrogens with one attached hydrogen (secondary N) is 1. The summed E-state index contributed by atoms with van der Waals surface area (Å²) in [5.41, 5.74) is 3.05. The number of aromatic nitrogens is 2. The maximum Gasteiger partial charge on any atom is 0.205 e. The van der Waals surface area contributed by atoms with Gasteiger partial charge in [-0.1, -0.05) is 0 Å². The molecular formula is C15H12N2OS. The van der Waals surface area contributed by atoms with Crippen molar-refractivity contribution in [2.75, 3.05) is 0 Å². The van der Waals surface area contributed by atoms with Gasteiger partial charge < -0.3 is 4.98 Å². The lowest BCUT2D eigenvalue weighted by atomic mass is 10.1. The molecule has 0 unspecified atom stereocenters. The highest BCUT2D eigenvalue weighted by Gasteiger charge is 2.21. The van der Waals surface area contributed by atoms with Gasteiger partial charge in [-0.25, -0.2) is 0 Å². The van der Waals surface area contributed by atoms with E-state index in [0.29, 0.717) is 0 Å². The van der Waals surface area contributed by atoms with Crippen molar-refractivity contribution in [3.05, 3.63) is 51.6 Å². The molecule has 0 fully saturated rings. The standard InChI is InChI=1S/C15H12N2OS/c18-15(14-6-9-2-1-3-13(9)19-14)11-8-17-12-4-5-16-7-10(11)12/h4-8,17H,1-3H2. The molecule has 0 aromatic carbocycles. The van der Waals surface area contributed by atoms with Crippen LogP contribution < -0.4 is 0 Å². The van der Waals surface area contributed by atoms with E-state index in [9.17, 15) is 4.79 Å². The number of hydrogen-bond acceptors (Lipinski definition) is 3. The summed E-state index contributed by atoms with van der Waals surface area (Å²) in [6, 6.07) is 3.96. The fourth-order valence-electron chi connectivity index (χ4n) is 2.72. The second-order valence-corrected chi connectivity index (χ2v) is 6.00. The first-order valence-electron chi connectivity index (χ1n) is 6.40. The highest BCUT2D eigenvalue weighted by Crippen LogP contribution is 2.32. The van der Waals surface area contributed by atoms with Gasteiger partial charge in [-0.05, 0) is 37.0 Å². The van der Waals surface area contributed by atoms with E-state index in [2.05, 4.69) is 16.0 Å². The smallest absolute Gasteiger partial charge is 0.205 e. The molecule has 3 aromatic heterocycles. The zero-order chi connectivity index (χ0) is 12.8. The Hall–Kier alpha value is -1.94. The fraction of sp³-hybridized carbons (Fsp3) is 0.200. The molecule has 0 saturated carbocycles. The molecule has 0 saturated heterocycles. The molecule has 3 heterocycles. The minimum Gasteiger partial charge on any atom is -0.360 e. The summed E-state index contributed by atoms with van der Waals surface area (Å²) in [5.74, 6) is 0.110. The van der Waals surface area contributed by atoms with Gasteiger partial charge in [-0.3, -0.25) is 9.78 Å². The lowest BCUT2D eigenvalue weighted by molar-refractivity contribution is 0.104. The third kappa shape index (κ3) is 1.64. The maximum absolute atomic E-state index is 12.6. The maximum atomic E-state index is 12.6. The lowest BCUT2D eigenvalue weighted by Crippen LogP contribution is -1.97. The molecule has 1 N–H and O–H groups in total. The lowest BCUT2D eigenvalue weighted by Gasteiger charge is -1.96. The van der Waals surface area contributed by atoms with Gasteiger partial charge in [0, 0.05) is 34.4 Å². The van der Waals surface area contributed by atoms with Crippen molar-refractivity contribution in [2.45, 2.75) is 19.3 Å². The largest absolute Gasteiger partial charge is 0.360 e. The summed E-state index contributed by atoms with van der Waals surface area (Å²) < 4.78 is 0. The first-order chi connectivity index (χ1) is 9.33. The number of aryl methyl sites for hydroxylation is 2. The molecule has 0 aliphatic heterocycles. The summed E-state index contributed by atoms with van der Waals surface area (Å²) in [7, 11) is 0. The number of carbonyl (C=O) groups is 1. The van der Waals surface area contributed by atoms with Crippen LogP contribution in [0.3, 0.4) is 0 Å². The van der Waals surface area contributed by atoms with Crippen molar-refractivity contribution < 1.29 is 4.79 Å². The molecule has 1 aliphatic rings. The SMILES string of the molecule is O=C(c1cc2c(s1)CCC2)c1c[nH]c2ccncc12. The molecular weight excluding hydrogens is 256 g/mol. The third-order valence-electron chi connectivity index (χ3n) is 3.70. The summed E-state index contributed by atoms with van der Waals surface area (Å²) in [4.78, 5) is 22.1. The van der Waals surface area contributed by atoms with Gasteiger partial charge in [0.1, 0.15) is 0 Å². The van der Waals surface area contributed by atoms with Crippen LogP contribution in [0.2, 0.25) is 0 Å². The normalized spacial score (nSPS) is 13.9. The number of rotatable bonds is 2. The first-order valence-corrected chi connectivity index (χ1v) is 7.22. The molecule has 0 spiro atoms. The van der Waals surface area contributed by atoms with Crippen LogP contribution in [-0.4, -0.2) is 15.8 Å². The van der Waals surface area contributed by atoms with Crippen molar-refractivity contribution in [3.63, 3.8) is 0 Å². The number of aromatic amines is 1. The molecule has 1 aliphatic carbocycles. The molecule has 4 heteroatoms. The number of ketones is 1. The van der Waals surface area contributed by atoms with Gasteiger partial charge in [0.25, 0.3) is 0 Å². The van der Waals surface area contributed by atoms with E-state index in [4.69, 9.17) is 0 Å². The van der Waals surface area contributed by atoms with Crippen molar-refractivity contribution >= 4 is 28.0 Å². The van der Waals surface area contributed by atoms with Crippen LogP contribution in [0.25, 0.3) is 10.9 Å². The molecule has 0 amide bonds. The summed E-state index contributed by atoms with van der Waals surface area (Å²) in [5, 5.41) is 0.904. The van der Waals surface area contributed by atoms with Gasteiger partial charge in [0.05, 0.1) is 10.4 Å². The third-order valence-corrected chi connectivity index (χ3v) is 4.93. The van der Waals surface area contributed by atoms with Gasteiger partial charge >= 0.3 is 0 Å². The Morgan fingerprint density at radius 3 is 3.21 bits per heavy atom. The van der Waals surface area contributed by atoms with Crippen molar-refractivity contribution in [1.82, 2.24) is 9.97 Å². The Labute approximate surface area is 114 Å². The molecule has 0 bridgehead atoms. The zero-order valence-electron chi connectivity index (χ0n) is 10.3. The van der Waals surface area contributed by atoms with Crippen LogP contribution in [0.5, 0.6) is 0 Å². The number of pyridine rings is 1. The van der Waals surface area contributed by atoms with Crippen LogP contribution in [-0.2, 0) is 12.8 Å². The Bertz CT molecular complexity index is 763. The summed E-state index contributed by atoms with van der Waals surface area (Å²) >= 11 is 1.65. The topological polar surface area (TPSA) is 45.8 Å². The molecule has 94 valence electrons. The minimum atomic E-state index is 0.110. The predicted molar refractivity (Wildman–Crippen MR) is 75.9 cm³/mol. The van der Waals surface area contributed by atoms with Crippen molar-refractivity contribution in [2.24, 2.45) is 0 Å². The highest BCUT2D eigenvalue weighted by molar-refractivity contribution is 7.14. The number of hydrogen-bond donors (Lipinski definition) is 1. The average Bonchev–Trinajstić information content (AvgIpc) is 3.11. The Morgan fingerprint density at radius 2 is 2.32 bits per heavy atom. The van der Waals surface area contributed by atoms with E-state index in [1.165, 1.54) is 16.9 Å². The minimum absolute atomic E-state index is 0.110. The average molecular weight is 268 g/mol. The highest BCUT2D eigenvalue weighted by atomic mass is 32.1. The second kappa shape index (κ2) is 4.03. The first kappa shape index (κ1) is 10.9. The number of thiophene rings is 1. The molecule has 4 rings (SSSR count). The number of carbonyl (C=O) groups excluding carboxylic acids is 1. The molecule has 3 nitrogen and oxygen atoms in total. The quantitative estimate of drug-likeness (QED) is 0.724. The number of H-pyrrole nitrogens is 1. The van der Waals surface area contributed by atoms with E-state index in [0.717, 1.165) is 34.2 Å². The predicted octanol–water partition coefficient (Wildman–Crippen LogP) is 3.34. The van der Waals surface area contributed by atoms with Crippen LogP contribution in [0.1, 0.15) is 32.1 Å². The van der Waals surface area contributed by atoms with Gasteiger partial charge in [-0.2, -0.15) is 0 Å². The van der Waals surface area contributed by atoms with E-state index in [-0.39, 0.29) is 5.78 Å². The Morgan fingerprint density at radius 1 is 1.37 bits per heavy atom. The number of nitrogens with zero attached hydrogens (tertiary/aromatic N) is 1. The van der Waals surface area contributed by atoms with Crippen LogP contribution >= 0.6 is 11.3 Å². The van der Waals surface area contributed by atoms with E-state index in [1.807, 2.05) is 6.07 Å². The molecule has 19 heavy (non-hydrogen) atoms. The van der Waals surface area contributed by atoms with Crippen LogP contribution in [0.4, 0.5) is 0 Å². The van der Waals surface area contributed by atoms with Crippen LogP contribution in [0.15, 0.2) is 30.7 Å². The summed E-state index contributed by atoms with van der Waals surface area (Å²) in [6.07, 6.45) is 8.75. The molecule has 0 radical (unpaired) electrons. The van der Waals surface area contributed by atoms with E-state index >= 15 is 0 Å². The summed E-state index contributed by atoms with van der Waals surface area (Å²) in [6.45, 7) is 0. The van der Waals surface area contributed by atoms with Gasteiger partial charge in [-0.15, -0.1) is 11.3 Å². The second-order valence-electron chi connectivity index (χ2n) is 4.87. The van der Waals surface area contributed by atoms with E-state index < -0.39 is 0 Å². The Balaban J connectivity index is 1.81. The fourth-order valence-corrected chi connectivity index (χ4v) is 3.93. The van der Waals surface area contributed by atoms with Crippen molar-refractivity contribution in [3.8, 4) is 0 Å². The van der Waals surface area contributed by atoms with Gasteiger partial charge in [0.15, 0.2) is 0 Å². The van der Waals surface area contributed by atoms with Crippen molar-refractivity contribution in [1.29, 1.82) is 0 Å². The zero-order valence-corrected chi connectivity index (χ0v) is 11.1.